The molecule has 0 saturated heterocycles. The molecule has 2 aromatic rings. The van der Waals surface area contributed by atoms with Gasteiger partial charge in [0.05, 0.1) is 17.5 Å². The van der Waals surface area contributed by atoms with E-state index in [4.69, 9.17) is 10.8 Å². The number of aliphatic carboxylic acids is 1. The number of nitrogens with two attached hydrogens (primary N) is 1. The van der Waals surface area contributed by atoms with Gasteiger partial charge < -0.3 is 15.4 Å². The number of carboxylic acid groups (broad SMARTS) is 1. The van der Waals surface area contributed by atoms with Crippen molar-refractivity contribution in [1.82, 2.24) is 9.55 Å². The summed E-state index contributed by atoms with van der Waals surface area (Å²) in [6.45, 7) is 0. The highest BCUT2D eigenvalue weighted by atomic mass is 16.4. The number of benzene rings is 1. The number of carboxylic acids is 1. The van der Waals surface area contributed by atoms with Gasteiger partial charge in [-0.25, -0.2) is 4.98 Å². The van der Waals surface area contributed by atoms with Gasteiger partial charge in [0.1, 0.15) is 5.82 Å². The lowest BCUT2D eigenvalue weighted by Gasteiger charge is -2.09. The number of aromatic nitrogens is 2. The van der Waals surface area contributed by atoms with Crippen LogP contribution in [0, 0.1) is 0 Å². The lowest BCUT2D eigenvalue weighted by molar-refractivity contribution is -0.137. The first-order valence-corrected chi connectivity index (χ1v) is 6.50. The number of nitrogens with zero attached hydrogens (tertiary/aromatic N) is 2. The summed E-state index contributed by atoms with van der Waals surface area (Å²) in [5.74, 6) is 0.837. The summed E-state index contributed by atoms with van der Waals surface area (Å²) in [4.78, 5) is 15.4. The average Bonchev–Trinajstić information content (AvgIpc) is 3.14. The standard InChI is InChI=1S/C14H17N3O2/c1-17-12-6-9(10(15)7-13(18)19)4-5-11(12)16-14(17)8-2-3-8/h4-6,8,10H,2-3,7,15H2,1H3,(H,18,19). The Bertz CT molecular complexity index is 643. The highest BCUT2D eigenvalue weighted by Crippen LogP contribution is 2.40. The summed E-state index contributed by atoms with van der Waals surface area (Å²) in [5, 5.41) is 8.80. The smallest absolute Gasteiger partial charge is 0.305 e. The Morgan fingerprint density at radius 3 is 2.95 bits per heavy atom. The van der Waals surface area contributed by atoms with Crippen molar-refractivity contribution in [2.45, 2.75) is 31.2 Å². The van der Waals surface area contributed by atoms with Gasteiger partial charge in [-0.1, -0.05) is 6.07 Å². The lowest BCUT2D eigenvalue weighted by Crippen LogP contribution is -2.14. The van der Waals surface area contributed by atoms with Gasteiger partial charge in [0, 0.05) is 19.0 Å². The van der Waals surface area contributed by atoms with Crippen molar-refractivity contribution in [3.8, 4) is 0 Å². The molecule has 5 heteroatoms. The molecule has 1 aliphatic carbocycles. The second-order valence-corrected chi connectivity index (χ2v) is 5.26. The molecule has 1 unspecified atom stereocenters. The molecule has 1 atom stereocenters. The molecule has 0 aliphatic heterocycles. The van der Waals surface area contributed by atoms with Crippen LogP contribution in [0.5, 0.6) is 0 Å². The maximum Gasteiger partial charge on any atom is 0.305 e. The summed E-state index contributed by atoms with van der Waals surface area (Å²) < 4.78 is 2.10. The third kappa shape index (κ3) is 2.21. The van der Waals surface area contributed by atoms with E-state index in [9.17, 15) is 4.79 Å². The van der Waals surface area contributed by atoms with Crippen LogP contribution in [0.1, 0.15) is 42.6 Å². The molecule has 1 heterocycles. The van der Waals surface area contributed by atoms with Crippen LogP contribution in [0.25, 0.3) is 11.0 Å². The van der Waals surface area contributed by atoms with E-state index >= 15 is 0 Å². The van der Waals surface area contributed by atoms with Crippen molar-refractivity contribution in [2.24, 2.45) is 12.8 Å². The molecule has 0 radical (unpaired) electrons. The zero-order valence-electron chi connectivity index (χ0n) is 10.8. The largest absolute Gasteiger partial charge is 0.481 e. The predicted octanol–water partition coefficient (Wildman–Crippen LogP) is 1.93. The zero-order valence-corrected chi connectivity index (χ0v) is 10.8. The monoisotopic (exact) mass is 259 g/mol. The molecule has 1 aliphatic rings. The van der Waals surface area contributed by atoms with Gasteiger partial charge in [-0.3, -0.25) is 4.79 Å². The van der Waals surface area contributed by atoms with Crippen LogP contribution in [-0.4, -0.2) is 20.6 Å². The van der Waals surface area contributed by atoms with E-state index in [-0.39, 0.29) is 6.42 Å². The molecule has 1 aromatic carbocycles. The van der Waals surface area contributed by atoms with E-state index in [1.807, 2.05) is 25.2 Å². The van der Waals surface area contributed by atoms with E-state index in [0.717, 1.165) is 22.4 Å². The third-order valence-electron chi connectivity index (χ3n) is 3.70. The van der Waals surface area contributed by atoms with Crippen LogP contribution in [0.4, 0.5) is 0 Å². The summed E-state index contributed by atoms with van der Waals surface area (Å²) in [6, 6.07) is 5.29. The molecule has 100 valence electrons. The topological polar surface area (TPSA) is 81.1 Å². The summed E-state index contributed by atoms with van der Waals surface area (Å²) in [5.41, 5.74) is 8.74. The third-order valence-corrected chi connectivity index (χ3v) is 3.70. The molecule has 19 heavy (non-hydrogen) atoms. The Kier molecular flexibility index (Phi) is 2.78. The van der Waals surface area contributed by atoms with Crippen LogP contribution in [0.3, 0.4) is 0 Å². The molecule has 1 saturated carbocycles. The van der Waals surface area contributed by atoms with E-state index < -0.39 is 12.0 Å². The SMILES string of the molecule is Cn1c(C2CC2)nc2ccc(C(N)CC(=O)O)cc21. The number of carbonyl (C=O) groups is 1. The van der Waals surface area contributed by atoms with Crippen molar-refractivity contribution >= 4 is 17.0 Å². The van der Waals surface area contributed by atoms with Gasteiger partial charge in [0.15, 0.2) is 0 Å². The first-order valence-electron chi connectivity index (χ1n) is 6.50. The fourth-order valence-electron chi connectivity index (χ4n) is 2.47. The highest BCUT2D eigenvalue weighted by Gasteiger charge is 2.28. The molecule has 3 N–H and O–H groups in total. The second-order valence-electron chi connectivity index (χ2n) is 5.26. The Labute approximate surface area is 111 Å². The van der Waals surface area contributed by atoms with Crippen molar-refractivity contribution < 1.29 is 9.90 Å². The van der Waals surface area contributed by atoms with Crippen LogP contribution < -0.4 is 5.73 Å². The van der Waals surface area contributed by atoms with Gasteiger partial charge in [0.2, 0.25) is 0 Å². The second kappa shape index (κ2) is 4.35. The molecule has 0 spiro atoms. The maximum absolute atomic E-state index is 10.7. The maximum atomic E-state index is 10.7. The Morgan fingerprint density at radius 2 is 2.32 bits per heavy atom. The molecular formula is C14H17N3O2. The summed E-state index contributed by atoms with van der Waals surface area (Å²) in [6.07, 6.45) is 2.37. The van der Waals surface area contributed by atoms with E-state index in [1.165, 1.54) is 12.8 Å². The Balaban J connectivity index is 2.00. The molecule has 3 rings (SSSR count). The van der Waals surface area contributed by atoms with Crippen molar-refractivity contribution in [1.29, 1.82) is 0 Å². The van der Waals surface area contributed by atoms with E-state index in [1.54, 1.807) is 0 Å². The normalized spacial score (nSPS) is 16.7. The minimum Gasteiger partial charge on any atom is -0.481 e. The fourth-order valence-corrected chi connectivity index (χ4v) is 2.47. The quantitative estimate of drug-likeness (QED) is 0.879. The Hall–Kier alpha value is -1.88. The first kappa shape index (κ1) is 12.2. The number of rotatable bonds is 4. The number of imidazole rings is 1. The van der Waals surface area contributed by atoms with Crippen molar-refractivity contribution in [3.63, 3.8) is 0 Å². The van der Waals surface area contributed by atoms with Crippen LogP contribution >= 0.6 is 0 Å². The Morgan fingerprint density at radius 1 is 1.58 bits per heavy atom. The summed E-state index contributed by atoms with van der Waals surface area (Å²) in [7, 11) is 2.01. The van der Waals surface area contributed by atoms with Crippen molar-refractivity contribution in [2.75, 3.05) is 0 Å². The predicted molar refractivity (Wildman–Crippen MR) is 71.9 cm³/mol. The van der Waals surface area contributed by atoms with Gasteiger partial charge in [-0.15, -0.1) is 0 Å². The molecule has 1 fully saturated rings. The van der Waals surface area contributed by atoms with Crippen molar-refractivity contribution in [3.05, 3.63) is 29.6 Å². The average molecular weight is 259 g/mol. The van der Waals surface area contributed by atoms with Crippen LogP contribution in [0.15, 0.2) is 18.2 Å². The van der Waals surface area contributed by atoms with Gasteiger partial charge >= 0.3 is 5.97 Å². The molecule has 0 amide bonds. The molecule has 5 nitrogen and oxygen atoms in total. The number of hydrogen-bond donors (Lipinski definition) is 2. The minimum atomic E-state index is -0.878. The molecule has 1 aromatic heterocycles. The molecule has 0 bridgehead atoms. The van der Waals surface area contributed by atoms with Gasteiger partial charge in [0.25, 0.3) is 0 Å². The fraction of sp³-hybridized carbons (Fsp3) is 0.429. The van der Waals surface area contributed by atoms with Gasteiger partial charge in [-0.2, -0.15) is 0 Å². The lowest BCUT2D eigenvalue weighted by atomic mass is 10.0. The number of fused-ring (bicyclic) bond motifs is 1. The number of hydrogen-bond acceptors (Lipinski definition) is 3. The molecular weight excluding hydrogens is 242 g/mol. The number of aryl methyl sites for hydroxylation is 1. The summed E-state index contributed by atoms with van der Waals surface area (Å²) >= 11 is 0. The zero-order chi connectivity index (χ0) is 13.6. The van der Waals surface area contributed by atoms with E-state index in [2.05, 4.69) is 9.55 Å². The van der Waals surface area contributed by atoms with Crippen LogP contribution in [0.2, 0.25) is 0 Å². The van der Waals surface area contributed by atoms with Gasteiger partial charge in [-0.05, 0) is 30.5 Å². The highest BCUT2D eigenvalue weighted by molar-refractivity contribution is 5.77. The first-order chi connectivity index (χ1) is 9.06. The van der Waals surface area contributed by atoms with Crippen LogP contribution in [-0.2, 0) is 11.8 Å². The van der Waals surface area contributed by atoms with E-state index in [0.29, 0.717) is 5.92 Å². The minimum absolute atomic E-state index is 0.0567.